The van der Waals surface area contributed by atoms with Crippen molar-refractivity contribution in [1.29, 1.82) is 5.41 Å². The molecule has 0 aliphatic heterocycles. The molecule has 0 aliphatic carbocycles. The molecular formula is C9H15N3. The standard InChI is InChI=1S/C7H9N3.C2H6/c1-2-4-10-5-3-9-7(10)6-8;1-2/h2-6,8H,1H3;1-2H3/b4-2-,8-6?;. The topological polar surface area (TPSA) is 41.7 Å². The first-order valence-corrected chi connectivity index (χ1v) is 4.04. The van der Waals surface area contributed by atoms with Gasteiger partial charge in [-0.3, -0.25) is 0 Å². The highest BCUT2D eigenvalue weighted by Crippen LogP contribution is 1.93. The third-order valence-electron chi connectivity index (χ3n) is 1.14. The van der Waals surface area contributed by atoms with E-state index in [1.807, 2.05) is 33.0 Å². The van der Waals surface area contributed by atoms with Gasteiger partial charge in [-0.15, -0.1) is 0 Å². The lowest BCUT2D eigenvalue weighted by Crippen LogP contribution is -1.91. The van der Waals surface area contributed by atoms with E-state index in [1.54, 1.807) is 17.0 Å². The van der Waals surface area contributed by atoms with Gasteiger partial charge in [0, 0.05) is 18.6 Å². The predicted octanol–water partition coefficient (Wildman–Crippen LogP) is 2.40. The molecule has 0 saturated heterocycles. The summed E-state index contributed by atoms with van der Waals surface area (Å²) >= 11 is 0. The second-order valence-corrected chi connectivity index (χ2v) is 1.82. The van der Waals surface area contributed by atoms with Gasteiger partial charge in [-0.05, 0) is 6.92 Å². The first-order valence-electron chi connectivity index (χ1n) is 4.04. The van der Waals surface area contributed by atoms with Crippen LogP contribution in [0.2, 0.25) is 0 Å². The van der Waals surface area contributed by atoms with Crippen molar-refractivity contribution in [2.75, 3.05) is 0 Å². The van der Waals surface area contributed by atoms with Crippen LogP contribution in [0.15, 0.2) is 18.5 Å². The summed E-state index contributed by atoms with van der Waals surface area (Å²) in [6.07, 6.45) is 8.45. The Bertz CT molecular complexity index is 248. The fourth-order valence-corrected chi connectivity index (χ4v) is 0.723. The van der Waals surface area contributed by atoms with E-state index in [4.69, 9.17) is 5.41 Å². The average molecular weight is 165 g/mol. The summed E-state index contributed by atoms with van der Waals surface area (Å²) < 4.78 is 1.78. The maximum absolute atomic E-state index is 6.94. The molecule has 1 aromatic rings. The molecule has 0 aromatic carbocycles. The minimum Gasteiger partial charge on any atom is -0.306 e. The summed E-state index contributed by atoms with van der Waals surface area (Å²) in [4.78, 5) is 3.92. The average Bonchev–Trinajstić information content (AvgIpc) is 2.56. The zero-order valence-corrected chi connectivity index (χ0v) is 7.78. The lowest BCUT2D eigenvalue weighted by atomic mass is 10.6. The molecule has 1 aromatic heterocycles. The Balaban J connectivity index is 0.000000561. The van der Waals surface area contributed by atoms with Crippen LogP contribution in [0.25, 0.3) is 6.20 Å². The minimum atomic E-state index is 0.651. The number of rotatable bonds is 2. The van der Waals surface area contributed by atoms with Gasteiger partial charge in [0.2, 0.25) is 0 Å². The number of allylic oxidation sites excluding steroid dienone is 1. The van der Waals surface area contributed by atoms with Crippen molar-refractivity contribution in [3.63, 3.8) is 0 Å². The van der Waals surface area contributed by atoms with E-state index in [2.05, 4.69) is 4.98 Å². The number of hydrogen-bond donors (Lipinski definition) is 1. The minimum absolute atomic E-state index is 0.651. The molecule has 0 bridgehead atoms. The maximum Gasteiger partial charge on any atom is 0.154 e. The Morgan fingerprint density at radius 2 is 2.17 bits per heavy atom. The molecule has 66 valence electrons. The summed E-state index contributed by atoms with van der Waals surface area (Å²) in [6, 6.07) is 0. The van der Waals surface area contributed by atoms with Crippen LogP contribution in [0.3, 0.4) is 0 Å². The fourth-order valence-electron chi connectivity index (χ4n) is 0.723. The van der Waals surface area contributed by atoms with E-state index in [1.165, 1.54) is 6.21 Å². The van der Waals surface area contributed by atoms with Crippen LogP contribution in [0.5, 0.6) is 0 Å². The smallest absolute Gasteiger partial charge is 0.154 e. The van der Waals surface area contributed by atoms with E-state index >= 15 is 0 Å². The van der Waals surface area contributed by atoms with Crippen molar-refractivity contribution in [3.8, 4) is 0 Å². The molecule has 0 spiro atoms. The summed E-state index contributed by atoms with van der Waals surface area (Å²) in [5.41, 5.74) is 0. The molecule has 0 radical (unpaired) electrons. The monoisotopic (exact) mass is 165 g/mol. The SMILES string of the molecule is C/C=C\n1ccnc1C=N.CC. The summed E-state index contributed by atoms with van der Waals surface area (Å²) in [6.45, 7) is 5.92. The van der Waals surface area contributed by atoms with Gasteiger partial charge in [0.25, 0.3) is 0 Å². The van der Waals surface area contributed by atoms with Crippen LogP contribution in [0.4, 0.5) is 0 Å². The van der Waals surface area contributed by atoms with Gasteiger partial charge in [-0.1, -0.05) is 19.9 Å². The van der Waals surface area contributed by atoms with Crippen molar-refractivity contribution in [1.82, 2.24) is 9.55 Å². The zero-order valence-electron chi connectivity index (χ0n) is 7.78. The van der Waals surface area contributed by atoms with Gasteiger partial charge >= 0.3 is 0 Å². The molecule has 0 amide bonds. The van der Waals surface area contributed by atoms with Crippen LogP contribution in [-0.4, -0.2) is 15.8 Å². The van der Waals surface area contributed by atoms with Gasteiger partial charge in [0.05, 0.1) is 6.21 Å². The lowest BCUT2D eigenvalue weighted by Gasteiger charge is -1.92. The van der Waals surface area contributed by atoms with Crippen molar-refractivity contribution in [2.24, 2.45) is 0 Å². The van der Waals surface area contributed by atoms with Gasteiger partial charge in [0.1, 0.15) is 0 Å². The van der Waals surface area contributed by atoms with Crippen molar-refractivity contribution in [3.05, 3.63) is 24.3 Å². The molecule has 0 fully saturated rings. The normalized spacial score (nSPS) is 9.25. The van der Waals surface area contributed by atoms with E-state index in [-0.39, 0.29) is 0 Å². The van der Waals surface area contributed by atoms with Crippen LogP contribution in [0, 0.1) is 5.41 Å². The number of nitrogens with zero attached hydrogens (tertiary/aromatic N) is 2. The Kier molecular flexibility index (Phi) is 5.61. The predicted molar refractivity (Wildman–Crippen MR) is 52.5 cm³/mol. The highest BCUT2D eigenvalue weighted by Gasteiger charge is 1.91. The third kappa shape index (κ3) is 2.70. The fraction of sp³-hybridized carbons (Fsp3) is 0.333. The molecule has 0 atom stereocenters. The number of imidazole rings is 1. The highest BCUT2D eigenvalue weighted by atomic mass is 15.0. The summed E-state index contributed by atoms with van der Waals surface area (Å²) in [5, 5.41) is 6.94. The van der Waals surface area contributed by atoms with Gasteiger partial charge in [-0.2, -0.15) is 0 Å². The second-order valence-electron chi connectivity index (χ2n) is 1.82. The number of nitrogens with one attached hydrogen (secondary N) is 1. The van der Waals surface area contributed by atoms with E-state index < -0.39 is 0 Å². The van der Waals surface area contributed by atoms with Gasteiger partial charge < -0.3 is 9.98 Å². The Morgan fingerprint density at radius 3 is 2.67 bits per heavy atom. The second kappa shape index (κ2) is 6.34. The van der Waals surface area contributed by atoms with Crippen molar-refractivity contribution in [2.45, 2.75) is 20.8 Å². The Morgan fingerprint density at radius 1 is 1.50 bits per heavy atom. The van der Waals surface area contributed by atoms with Crippen molar-refractivity contribution >= 4 is 12.4 Å². The third-order valence-corrected chi connectivity index (χ3v) is 1.14. The van der Waals surface area contributed by atoms with E-state index in [9.17, 15) is 0 Å². The molecule has 1 heterocycles. The lowest BCUT2D eigenvalue weighted by molar-refractivity contribution is 1.11. The molecule has 0 aliphatic rings. The quantitative estimate of drug-likeness (QED) is 0.672. The van der Waals surface area contributed by atoms with E-state index in [0.29, 0.717) is 5.82 Å². The summed E-state index contributed by atoms with van der Waals surface area (Å²) in [7, 11) is 0. The Hall–Kier alpha value is -1.38. The van der Waals surface area contributed by atoms with Crippen LogP contribution >= 0.6 is 0 Å². The highest BCUT2D eigenvalue weighted by molar-refractivity contribution is 5.72. The summed E-state index contributed by atoms with van der Waals surface area (Å²) in [5.74, 6) is 0.651. The van der Waals surface area contributed by atoms with Gasteiger partial charge in [0.15, 0.2) is 5.82 Å². The van der Waals surface area contributed by atoms with Crippen LogP contribution in [0.1, 0.15) is 26.6 Å². The van der Waals surface area contributed by atoms with E-state index in [0.717, 1.165) is 0 Å². The Labute approximate surface area is 73.3 Å². The first-order chi connectivity index (χ1) is 5.88. The molecule has 1 rings (SSSR count). The zero-order chi connectivity index (χ0) is 9.40. The molecule has 1 N–H and O–H groups in total. The molecule has 0 saturated carbocycles. The van der Waals surface area contributed by atoms with Crippen molar-refractivity contribution < 1.29 is 0 Å². The van der Waals surface area contributed by atoms with Crippen LogP contribution in [-0.2, 0) is 0 Å². The number of hydrogen-bond acceptors (Lipinski definition) is 2. The molecule has 12 heavy (non-hydrogen) atoms. The molecule has 3 heteroatoms. The van der Waals surface area contributed by atoms with Crippen LogP contribution < -0.4 is 0 Å². The first kappa shape index (κ1) is 10.6. The molecule has 3 nitrogen and oxygen atoms in total. The van der Waals surface area contributed by atoms with Gasteiger partial charge in [-0.25, -0.2) is 4.98 Å². The molecule has 0 unspecified atom stereocenters. The largest absolute Gasteiger partial charge is 0.306 e. The number of aromatic nitrogens is 2. The maximum atomic E-state index is 6.94. The molecular weight excluding hydrogens is 150 g/mol.